The Kier molecular flexibility index (Phi) is 7.00. The zero-order valence-corrected chi connectivity index (χ0v) is 18.4. The molecule has 0 atom stereocenters. The number of hydrogen-bond donors (Lipinski definition) is 0. The first kappa shape index (κ1) is 20.9. The van der Waals surface area contributed by atoms with Crippen molar-refractivity contribution in [2.45, 2.75) is 13.2 Å². The molecule has 5 heteroatoms. The second-order valence-electron chi connectivity index (χ2n) is 7.46. The van der Waals surface area contributed by atoms with Gasteiger partial charge in [0.1, 0.15) is 17.3 Å². The summed E-state index contributed by atoms with van der Waals surface area (Å²) in [4.78, 5) is 5.67. The van der Waals surface area contributed by atoms with E-state index in [9.17, 15) is 0 Å². The Bertz CT molecular complexity index is 987. The molecule has 154 valence electrons. The van der Waals surface area contributed by atoms with E-state index in [0.29, 0.717) is 6.61 Å². The summed E-state index contributed by atoms with van der Waals surface area (Å²) >= 11 is 12.0. The highest BCUT2D eigenvalue weighted by Gasteiger charge is 2.20. The zero-order chi connectivity index (χ0) is 20.8. The van der Waals surface area contributed by atoms with Crippen molar-refractivity contribution in [2.75, 3.05) is 26.2 Å². The van der Waals surface area contributed by atoms with E-state index in [-0.39, 0.29) is 0 Å². The highest BCUT2D eigenvalue weighted by atomic mass is 35.5. The zero-order valence-electron chi connectivity index (χ0n) is 16.8. The van der Waals surface area contributed by atoms with Crippen molar-refractivity contribution in [1.29, 1.82) is 0 Å². The third-order valence-electron chi connectivity index (χ3n) is 5.34. The average molecular weight is 437 g/mol. The number of thiocarbonyl (C=S) groups is 1. The van der Waals surface area contributed by atoms with Crippen LogP contribution in [0.4, 0.5) is 0 Å². The number of hydrogen-bond acceptors (Lipinski definition) is 3. The van der Waals surface area contributed by atoms with E-state index in [1.165, 1.54) is 5.56 Å². The van der Waals surface area contributed by atoms with Gasteiger partial charge in [0.05, 0.1) is 0 Å². The van der Waals surface area contributed by atoms with E-state index in [1.54, 1.807) is 0 Å². The maximum Gasteiger partial charge on any atom is 0.120 e. The number of halogens is 1. The third-order valence-corrected chi connectivity index (χ3v) is 6.20. The normalized spacial score (nSPS) is 14.5. The molecule has 0 unspecified atom stereocenters. The lowest BCUT2D eigenvalue weighted by molar-refractivity contribution is 0.177. The van der Waals surface area contributed by atoms with Crippen molar-refractivity contribution in [3.63, 3.8) is 0 Å². The van der Waals surface area contributed by atoms with E-state index in [2.05, 4.69) is 46.2 Å². The second kappa shape index (κ2) is 10.1. The Hall–Kier alpha value is -2.40. The Morgan fingerprint density at radius 1 is 0.867 bits per heavy atom. The van der Waals surface area contributed by atoms with Gasteiger partial charge in [-0.2, -0.15) is 0 Å². The average Bonchev–Trinajstić information content (AvgIpc) is 2.79. The van der Waals surface area contributed by atoms with Crippen LogP contribution >= 0.6 is 23.8 Å². The predicted molar refractivity (Wildman–Crippen MR) is 127 cm³/mol. The van der Waals surface area contributed by atoms with E-state index < -0.39 is 0 Å². The Morgan fingerprint density at radius 3 is 2.37 bits per heavy atom. The van der Waals surface area contributed by atoms with Crippen LogP contribution in [-0.4, -0.2) is 41.0 Å². The summed E-state index contributed by atoms with van der Waals surface area (Å²) < 4.78 is 5.96. The molecule has 1 aliphatic heterocycles. The monoisotopic (exact) mass is 436 g/mol. The van der Waals surface area contributed by atoms with Crippen LogP contribution in [0.25, 0.3) is 0 Å². The third kappa shape index (κ3) is 5.39. The smallest absolute Gasteiger partial charge is 0.120 e. The van der Waals surface area contributed by atoms with Crippen LogP contribution in [0.1, 0.15) is 16.7 Å². The van der Waals surface area contributed by atoms with Crippen LogP contribution in [0.2, 0.25) is 5.02 Å². The van der Waals surface area contributed by atoms with Crippen LogP contribution in [0.5, 0.6) is 5.75 Å². The molecule has 1 saturated heterocycles. The molecule has 0 spiro atoms. The van der Waals surface area contributed by atoms with Gasteiger partial charge < -0.3 is 9.64 Å². The predicted octanol–water partition coefficient (Wildman–Crippen LogP) is 5.41. The largest absolute Gasteiger partial charge is 0.489 e. The Balaban J connectivity index is 1.32. The van der Waals surface area contributed by atoms with Gasteiger partial charge in [-0.05, 0) is 23.8 Å². The highest BCUT2D eigenvalue weighted by Crippen LogP contribution is 2.21. The van der Waals surface area contributed by atoms with Crippen LogP contribution in [0, 0.1) is 0 Å². The van der Waals surface area contributed by atoms with Gasteiger partial charge in [-0.1, -0.05) is 84.5 Å². The number of piperazine rings is 1. The van der Waals surface area contributed by atoms with Crippen molar-refractivity contribution in [3.05, 3.63) is 101 Å². The molecule has 3 aromatic carbocycles. The van der Waals surface area contributed by atoms with Gasteiger partial charge >= 0.3 is 0 Å². The molecule has 0 aliphatic carbocycles. The SMILES string of the molecule is S=C(c1cccc(OCc2ccccc2Cl)c1)N1CCN(Cc2ccccc2)CC1. The van der Waals surface area contributed by atoms with Gasteiger partial charge in [0.25, 0.3) is 0 Å². The summed E-state index contributed by atoms with van der Waals surface area (Å²) in [5.41, 5.74) is 3.36. The molecule has 1 heterocycles. The lowest BCUT2D eigenvalue weighted by atomic mass is 10.1. The standard InChI is InChI=1S/C25H25ClN2OS/c26-24-12-5-4-9-22(24)19-29-23-11-6-10-21(17-23)25(30)28-15-13-27(14-16-28)18-20-7-2-1-3-8-20/h1-12,17H,13-16,18-19H2. The van der Waals surface area contributed by atoms with Crippen molar-refractivity contribution >= 4 is 28.8 Å². The van der Waals surface area contributed by atoms with Crippen molar-refractivity contribution < 1.29 is 4.74 Å². The molecular formula is C25H25ClN2OS. The van der Waals surface area contributed by atoms with E-state index >= 15 is 0 Å². The molecule has 0 N–H and O–H groups in total. The fourth-order valence-electron chi connectivity index (χ4n) is 3.63. The maximum absolute atomic E-state index is 6.23. The first-order chi connectivity index (χ1) is 14.7. The van der Waals surface area contributed by atoms with Crippen LogP contribution in [0.15, 0.2) is 78.9 Å². The second-order valence-corrected chi connectivity index (χ2v) is 8.26. The van der Waals surface area contributed by atoms with Crippen LogP contribution in [-0.2, 0) is 13.2 Å². The summed E-state index contributed by atoms with van der Waals surface area (Å²) in [6.07, 6.45) is 0. The van der Waals surface area contributed by atoms with Gasteiger partial charge in [-0.25, -0.2) is 0 Å². The summed E-state index contributed by atoms with van der Waals surface area (Å²) in [6.45, 7) is 5.34. The molecule has 0 bridgehead atoms. The topological polar surface area (TPSA) is 15.7 Å². The summed E-state index contributed by atoms with van der Waals surface area (Å²) in [7, 11) is 0. The molecular weight excluding hydrogens is 412 g/mol. The van der Waals surface area contributed by atoms with Crippen LogP contribution in [0.3, 0.4) is 0 Å². The Labute approximate surface area is 188 Å². The van der Waals surface area contributed by atoms with Crippen molar-refractivity contribution in [3.8, 4) is 5.75 Å². The molecule has 0 amide bonds. The summed E-state index contributed by atoms with van der Waals surface area (Å²) in [5, 5.41) is 0.720. The number of nitrogens with zero attached hydrogens (tertiary/aromatic N) is 2. The quantitative estimate of drug-likeness (QED) is 0.480. The van der Waals surface area contributed by atoms with Crippen LogP contribution < -0.4 is 4.74 Å². The minimum atomic E-state index is 0.439. The fourth-order valence-corrected chi connectivity index (χ4v) is 4.13. The molecule has 4 rings (SSSR count). The maximum atomic E-state index is 6.23. The van der Waals surface area contributed by atoms with Gasteiger partial charge in [-0.3, -0.25) is 4.90 Å². The molecule has 3 nitrogen and oxygen atoms in total. The molecule has 3 aromatic rings. The van der Waals surface area contributed by atoms with Crippen molar-refractivity contribution in [2.24, 2.45) is 0 Å². The molecule has 0 radical (unpaired) electrons. The van der Waals surface area contributed by atoms with E-state index in [4.69, 9.17) is 28.6 Å². The highest BCUT2D eigenvalue weighted by molar-refractivity contribution is 7.80. The molecule has 30 heavy (non-hydrogen) atoms. The van der Waals surface area contributed by atoms with Gasteiger partial charge in [0.2, 0.25) is 0 Å². The number of rotatable bonds is 6. The molecule has 0 saturated carbocycles. The Morgan fingerprint density at radius 2 is 1.60 bits per heavy atom. The van der Waals surface area contributed by atoms with Crippen molar-refractivity contribution in [1.82, 2.24) is 9.80 Å². The minimum Gasteiger partial charge on any atom is -0.489 e. The first-order valence-corrected chi connectivity index (χ1v) is 11.0. The van der Waals surface area contributed by atoms with Gasteiger partial charge in [-0.15, -0.1) is 0 Å². The first-order valence-electron chi connectivity index (χ1n) is 10.2. The minimum absolute atomic E-state index is 0.439. The summed E-state index contributed by atoms with van der Waals surface area (Å²) in [6, 6.07) is 26.4. The van der Waals surface area contributed by atoms with Gasteiger partial charge in [0.15, 0.2) is 0 Å². The molecule has 0 aromatic heterocycles. The molecule has 1 aliphatic rings. The lowest BCUT2D eigenvalue weighted by Gasteiger charge is -2.36. The summed E-state index contributed by atoms with van der Waals surface area (Å²) in [5.74, 6) is 0.803. The lowest BCUT2D eigenvalue weighted by Crippen LogP contribution is -2.48. The number of ether oxygens (including phenoxy) is 1. The van der Waals surface area contributed by atoms with Gasteiger partial charge in [0, 0.05) is 48.9 Å². The van der Waals surface area contributed by atoms with E-state index in [1.807, 2.05) is 42.5 Å². The van der Waals surface area contributed by atoms with E-state index in [0.717, 1.165) is 59.6 Å². The molecule has 1 fully saturated rings. The fraction of sp³-hybridized carbons (Fsp3) is 0.240. The number of benzene rings is 3.